The zero-order chi connectivity index (χ0) is 10.4. The number of nitrogens with zero attached hydrogens (tertiary/aromatic N) is 3. The van der Waals surface area contributed by atoms with E-state index in [-0.39, 0.29) is 0 Å². The van der Waals surface area contributed by atoms with Gasteiger partial charge in [0.15, 0.2) is 0 Å². The van der Waals surface area contributed by atoms with Crippen LogP contribution in [-0.4, -0.2) is 36.9 Å². The third-order valence-corrected chi connectivity index (χ3v) is 1.28. The van der Waals surface area contributed by atoms with E-state index >= 15 is 0 Å². The second-order valence-corrected chi connectivity index (χ2v) is 3.78. The van der Waals surface area contributed by atoms with Crippen molar-refractivity contribution in [1.29, 1.82) is 0 Å². The van der Waals surface area contributed by atoms with Gasteiger partial charge in [0.2, 0.25) is 0 Å². The van der Waals surface area contributed by atoms with E-state index in [4.69, 9.17) is 0 Å². The van der Waals surface area contributed by atoms with Gasteiger partial charge >= 0.3 is 5.84 Å². The predicted molar refractivity (Wildman–Crippen MR) is 60.5 cm³/mol. The molecule has 3 heteroatoms. The number of aliphatic imine (C=N–C) groups is 1. The van der Waals surface area contributed by atoms with Gasteiger partial charge in [-0.05, 0) is 13.8 Å². The minimum atomic E-state index is 0.367. The van der Waals surface area contributed by atoms with Gasteiger partial charge < -0.3 is 0 Å². The molecule has 0 amide bonds. The van der Waals surface area contributed by atoms with Crippen molar-refractivity contribution < 1.29 is 0 Å². The summed E-state index contributed by atoms with van der Waals surface area (Å²) in [5, 5.41) is 0. The molecule has 0 aromatic rings. The highest BCUT2D eigenvalue weighted by atomic mass is 15.1. The first kappa shape index (κ1) is 11.9. The first-order chi connectivity index (χ1) is 5.93. The van der Waals surface area contributed by atoms with E-state index in [1.165, 1.54) is 0 Å². The molecule has 0 spiro atoms. The van der Waals surface area contributed by atoms with Crippen molar-refractivity contribution in [2.45, 2.75) is 27.7 Å². The Morgan fingerprint density at radius 3 is 2.15 bits per heavy atom. The fourth-order valence-corrected chi connectivity index (χ4v) is 0.711. The molecule has 0 heterocycles. The molecule has 13 heavy (non-hydrogen) atoms. The minimum absolute atomic E-state index is 0.367. The summed E-state index contributed by atoms with van der Waals surface area (Å²) in [4.78, 5) is 6.26. The molecule has 3 nitrogen and oxygen atoms in total. The van der Waals surface area contributed by atoms with Gasteiger partial charge in [-0.1, -0.05) is 13.8 Å². The molecular formula is C10H20N3+. The normalized spacial score (nSPS) is 9.15. The highest BCUT2D eigenvalue weighted by molar-refractivity contribution is 5.97. The van der Waals surface area contributed by atoms with Gasteiger partial charge in [-0.2, -0.15) is 0 Å². The van der Waals surface area contributed by atoms with E-state index in [9.17, 15) is 0 Å². The van der Waals surface area contributed by atoms with Gasteiger partial charge in [-0.3, -0.25) is 4.90 Å². The van der Waals surface area contributed by atoms with E-state index in [2.05, 4.69) is 23.5 Å². The van der Waals surface area contributed by atoms with Crippen LogP contribution in [0, 0.1) is 5.92 Å². The minimum Gasteiger partial charge on any atom is -0.291 e. The molecule has 74 valence electrons. The van der Waals surface area contributed by atoms with Crippen LogP contribution in [0.25, 0.3) is 0 Å². The van der Waals surface area contributed by atoms with Crippen LogP contribution in [-0.2, 0) is 0 Å². The van der Waals surface area contributed by atoms with Crippen LogP contribution in [0.2, 0.25) is 0 Å². The largest absolute Gasteiger partial charge is 0.326 e. The Morgan fingerprint density at radius 1 is 1.31 bits per heavy atom. The van der Waals surface area contributed by atoms with Crippen molar-refractivity contribution >= 4 is 17.9 Å². The number of amidine groups is 1. The number of hydrogen-bond acceptors (Lipinski definition) is 0. The smallest absolute Gasteiger partial charge is 0.291 e. The molecule has 0 bridgehead atoms. The van der Waals surface area contributed by atoms with Crippen molar-refractivity contribution in [1.82, 2.24) is 9.57 Å². The van der Waals surface area contributed by atoms with Crippen molar-refractivity contribution in [3.05, 3.63) is 0 Å². The Kier molecular flexibility index (Phi) is 5.09. The Balaban J connectivity index is 4.82. The highest BCUT2D eigenvalue weighted by Crippen LogP contribution is 1.95. The van der Waals surface area contributed by atoms with Gasteiger partial charge in [-0.15, -0.1) is 4.99 Å². The first-order valence-corrected chi connectivity index (χ1v) is 4.53. The summed E-state index contributed by atoms with van der Waals surface area (Å²) >= 11 is 0. The lowest BCUT2D eigenvalue weighted by atomic mass is 10.2. The van der Waals surface area contributed by atoms with Gasteiger partial charge in [-0.25, -0.2) is 4.67 Å². The summed E-state index contributed by atoms with van der Waals surface area (Å²) in [5.41, 5.74) is 1.04. The van der Waals surface area contributed by atoms with Crippen molar-refractivity contribution in [3.8, 4) is 0 Å². The molecule has 0 saturated carbocycles. The van der Waals surface area contributed by atoms with Crippen LogP contribution in [0.15, 0.2) is 4.99 Å². The SMILES string of the molecule is CC(C)=NC(=[N+]=CN(C)C)C(C)C. The maximum absolute atomic E-state index is 4.36. The zero-order valence-corrected chi connectivity index (χ0v) is 9.50. The highest BCUT2D eigenvalue weighted by Gasteiger charge is 2.09. The predicted octanol–water partition coefficient (Wildman–Crippen LogP) is 1.18. The van der Waals surface area contributed by atoms with Crippen LogP contribution in [0.5, 0.6) is 0 Å². The summed E-state index contributed by atoms with van der Waals surface area (Å²) < 4.78 is 4.29. The molecule has 0 rings (SSSR count). The molecule has 0 saturated heterocycles. The van der Waals surface area contributed by atoms with Crippen LogP contribution in [0.4, 0.5) is 0 Å². The maximum atomic E-state index is 4.36. The van der Waals surface area contributed by atoms with Crippen LogP contribution >= 0.6 is 0 Å². The number of hydrogen-bond donors (Lipinski definition) is 0. The maximum Gasteiger partial charge on any atom is 0.326 e. The fraction of sp³-hybridized carbons (Fsp3) is 0.700. The van der Waals surface area contributed by atoms with Gasteiger partial charge in [0.25, 0.3) is 6.34 Å². The van der Waals surface area contributed by atoms with Crippen LogP contribution in [0.1, 0.15) is 27.7 Å². The molecule has 0 unspecified atom stereocenters. The first-order valence-electron chi connectivity index (χ1n) is 4.53. The Labute approximate surface area is 80.9 Å². The molecule has 0 N–H and O–H groups in total. The third kappa shape index (κ3) is 6.12. The third-order valence-electron chi connectivity index (χ3n) is 1.28. The molecule has 0 aliphatic heterocycles. The van der Waals surface area contributed by atoms with E-state index in [0.29, 0.717) is 5.92 Å². The second kappa shape index (κ2) is 5.55. The quantitative estimate of drug-likeness (QED) is 0.358. The van der Waals surface area contributed by atoms with Gasteiger partial charge in [0, 0.05) is 0 Å². The Morgan fingerprint density at radius 2 is 1.85 bits per heavy atom. The lowest BCUT2D eigenvalue weighted by Crippen LogP contribution is -2.15. The molecule has 0 atom stereocenters. The summed E-state index contributed by atoms with van der Waals surface area (Å²) in [5.74, 6) is 1.25. The standard InChI is InChI=1S/C10H20N3/c1-8(2)10(12-9(3)4)11-7-13(5)6/h7-8H,1-6H3/q+1. The Hall–Kier alpha value is -1.08. The molecule has 0 aromatic carbocycles. The summed E-state index contributed by atoms with van der Waals surface area (Å²) in [6.45, 7) is 8.14. The monoisotopic (exact) mass is 182 g/mol. The topological polar surface area (TPSA) is 29.7 Å². The average Bonchev–Trinajstić information content (AvgIpc) is 1.96. The van der Waals surface area contributed by atoms with Gasteiger partial charge in [0.05, 0.1) is 25.7 Å². The molecule has 0 aliphatic rings. The van der Waals surface area contributed by atoms with Crippen LogP contribution in [0.3, 0.4) is 0 Å². The molecule has 0 aliphatic carbocycles. The lowest BCUT2D eigenvalue weighted by Gasteiger charge is -1.95. The molecule has 0 radical (unpaired) electrons. The zero-order valence-electron chi connectivity index (χ0n) is 9.50. The lowest BCUT2D eigenvalue weighted by molar-refractivity contribution is 0.641. The second-order valence-electron chi connectivity index (χ2n) is 3.78. The van der Waals surface area contributed by atoms with E-state index in [1.54, 1.807) is 6.34 Å². The summed E-state index contributed by atoms with van der Waals surface area (Å²) in [6, 6.07) is 0. The van der Waals surface area contributed by atoms with Gasteiger partial charge in [0.1, 0.15) is 0 Å². The molecule has 0 aromatic heterocycles. The van der Waals surface area contributed by atoms with Crippen LogP contribution < -0.4 is 4.67 Å². The van der Waals surface area contributed by atoms with Crippen molar-refractivity contribution in [2.24, 2.45) is 10.9 Å². The van der Waals surface area contributed by atoms with E-state index < -0.39 is 0 Å². The average molecular weight is 182 g/mol. The Bertz CT molecular complexity index is 239. The fourth-order valence-electron chi connectivity index (χ4n) is 0.711. The molecular weight excluding hydrogens is 162 g/mol. The van der Waals surface area contributed by atoms with Crippen molar-refractivity contribution in [2.75, 3.05) is 14.1 Å². The molecule has 0 fully saturated rings. The van der Waals surface area contributed by atoms with E-state index in [1.807, 2.05) is 32.8 Å². The van der Waals surface area contributed by atoms with Crippen molar-refractivity contribution in [3.63, 3.8) is 0 Å². The summed E-state index contributed by atoms with van der Waals surface area (Å²) in [7, 11) is 3.90. The number of rotatable bonds is 2. The van der Waals surface area contributed by atoms with E-state index in [0.717, 1.165) is 11.5 Å². The summed E-state index contributed by atoms with van der Waals surface area (Å²) in [6.07, 6.45) is 1.78.